The van der Waals surface area contributed by atoms with E-state index in [9.17, 15) is 13.2 Å². The van der Waals surface area contributed by atoms with Gasteiger partial charge in [0.25, 0.3) is 0 Å². The number of unbranched alkanes of at least 4 members (excludes halogenated alkanes) is 1. The summed E-state index contributed by atoms with van der Waals surface area (Å²) in [7, 11) is -3.87. The van der Waals surface area contributed by atoms with Crippen molar-refractivity contribution in [2.75, 3.05) is 0 Å². The quantitative estimate of drug-likeness (QED) is 0.478. The molecule has 2 rings (SSSR count). The van der Waals surface area contributed by atoms with Gasteiger partial charge in [0, 0.05) is 17.4 Å². The fraction of sp³-hybridized carbons (Fsp3) is 0.455. The van der Waals surface area contributed by atoms with E-state index in [1.807, 2.05) is 18.3 Å². The van der Waals surface area contributed by atoms with Crippen molar-refractivity contribution < 1.29 is 13.2 Å². The van der Waals surface area contributed by atoms with Crippen molar-refractivity contribution in [2.24, 2.45) is 11.7 Å². The number of rotatable bonds is 13. The second kappa shape index (κ2) is 12.0. The average molecular weight is 452 g/mol. The normalized spacial score (nSPS) is 13.7. The van der Waals surface area contributed by atoms with Crippen molar-refractivity contribution in [1.29, 1.82) is 0 Å². The second-order valence-corrected chi connectivity index (χ2v) is 9.68. The van der Waals surface area contributed by atoms with Crippen molar-refractivity contribution in [3.8, 4) is 0 Å². The van der Waals surface area contributed by atoms with E-state index in [4.69, 9.17) is 17.3 Å². The van der Waals surface area contributed by atoms with E-state index in [1.165, 1.54) is 29.8 Å². The van der Waals surface area contributed by atoms with Crippen LogP contribution in [-0.2, 0) is 21.2 Å². The fourth-order valence-electron chi connectivity index (χ4n) is 3.44. The maximum absolute atomic E-state index is 12.7. The van der Waals surface area contributed by atoms with Crippen LogP contribution >= 0.6 is 11.6 Å². The van der Waals surface area contributed by atoms with Gasteiger partial charge < -0.3 is 5.73 Å². The molecule has 3 N–H and O–H groups in total. The minimum absolute atomic E-state index is 0.0554. The van der Waals surface area contributed by atoms with Crippen molar-refractivity contribution in [3.05, 3.63) is 59.4 Å². The number of aryl methyl sites for hydroxylation is 1. The van der Waals surface area contributed by atoms with Gasteiger partial charge in [0.05, 0.1) is 4.90 Å². The van der Waals surface area contributed by atoms with Crippen molar-refractivity contribution >= 4 is 27.5 Å². The molecule has 1 aromatic carbocycles. The standard InChI is InChI=1S/C22H30ClN3O3S/c1-2-3-6-17(7-4-8-18-9-5-14-25-16-18)15-21(22(24)27)26-30(28,29)20-12-10-19(23)11-13-20/h5,9-14,16-17,21,26H,2-4,6-8,15H2,1H3,(H2,24,27). The van der Waals surface area contributed by atoms with Crippen LogP contribution in [-0.4, -0.2) is 25.4 Å². The molecular formula is C22H30ClN3O3S. The van der Waals surface area contributed by atoms with Crippen LogP contribution in [0.3, 0.4) is 0 Å². The molecule has 0 fully saturated rings. The summed E-state index contributed by atoms with van der Waals surface area (Å²) < 4.78 is 27.9. The minimum Gasteiger partial charge on any atom is -0.368 e. The molecule has 164 valence electrons. The summed E-state index contributed by atoms with van der Waals surface area (Å²) in [5.41, 5.74) is 6.72. The first-order valence-corrected chi connectivity index (χ1v) is 12.1. The Kier molecular flexibility index (Phi) is 9.75. The van der Waals surface area contributed by atoms with Gasteiger partial charge in [0.1, 0.15) is 6.04 Å². The first-order chi connectivity index (χ1) is 14.3. The molecule has 0 aliphatic rings. The summed E-state index contributed by atoms with van der Waals surface area (Å²) in [6.45, 7) is 2.11. The Morgan fingerprint density at radius 1 is 1.17 bits per heavy atom. The SMILES string of the molecule is CCCCC(CCCc1cccnc1)CC(NS(=O)(=O)c1ccc(Cl)cc1)C(N)=O. The average Bonchev–Trinajstić information content (AvgIpc) is 2.72. The number of sulfonamides is 1. The number of primary amides is 1. The Hall–Kier alpha value is -1.96. The van der Waals surface area contributed by atoms with E-state index in [2.05, 4.69) is 16.6 Å². The summed E-state index contributed by atoms with van der Waals surface area (Å²) in [6, 6.07) is 8.82. The Balaban J connectivity index is 2.03. The zero-order chi connectivity index (χ0) is 22.0. The van der Waals surface area contributed by atoms with Gasteiger partial charge in [-0.05, 0) is 61.1 Å². The molecule has 30 heavy (non-hydrogen) atoms. The molecule has 2 aromatic rings. The Morgan fingerprint density at radius 3 is 2.47 bits per heavy atom. The molecular weight excluding hydrogens is 422 g/mol. The van der Waals surface area contributed by atoms with Crippen LogP contribution < -0.4 is 10.5 Å². The van der Waals surface area contributed by atoms with Gasteiger partial charge in [-0.25, -0.2) is 8.42 Å². The molecule has 1 aromatic heterocycles. The number of halogens is 1. The van der Waals surface area contributed by atoms with Gasteiger partial charge in [-0.2, -0.15) is 4.72 Å². The predicted octanol–water partition coefficient (Wildman–Crippen LogP) is 4.09. The lowest BCUT2D eigenvalue weighted by Crippen LogP contribution is -2.45. The number of hydrogen-bond acceptors (Lipinski definition) is 4. The van der Waals surface area contributed by atoms with E-state index in [1.54, 1.807) is 6.20 Å². The Labute approximate surface area is 184 Å². The van der Waals surface area contributed by atoms with E-state index in [0.29, 0.717) is 11.4 Å². The fourth-order valence-corrected chi connectivity index (χ4v) is 4.78. The highest BCUT2D eigenvalue weighted by Crippen LogP contribution is 2.23. The van der Waals surface area contributed by atoms with Crippen LogP contribution in [0.4, 0.5) is 0 Å². The summed E-state index contributed by atoms with van der Waals surface area (Å²) in [4.78, 5) is 16.2. The number of amides is 1. The highest BCUT2D eigenvalue weighted by Gasteiger charge is 2.26. The zero-order valence-corrected chi connectivity index (χ0v) is 18.8. The van der Waals surface area contributed by atoms with Gasteiger partial charge in [-0.3, -0.25) is 9.78 Å². The molecule has 6 nitrogen and oxygen atoms in total. The summed E-state index contributed by atoms with van der Waals surface area (Å²) in [5.74, 6) is -0.465. The third kappa shape index (κ3) is 8.05. The smallest absolute Gasteiger partial charge is 0.241 e. The molecule has 1 amide bonds. The molecule has 8 heteroatoms. The molecule has 0 spiro atoms. The minimum atomic E-state index is -3.87. The Bertz CT molecular complexity index is 890. The van der Waals surface area contributed by atoms with Gasteiger partial charge in [-0.15, -0.1) is 0 Å². The molecule has 1 heterocycles. The predicted molar refractivity (Wildman–Crippen MR) is 120 cm³/mol. The zero-order valence-electron chi connectivity index (χ0n) is 17.3. The number of nitrogens with zero attached hydrogens (tertiary/aromatic N) is 1. The molecule has 0 radical (unpaired) electrons. The Morgan fingerprint density at radius 2 is 1.87 bits per heavy atom. The van der Waals surface area contributed by atoms with E-state index in [-0.39, 0.29) is 10.8 Å². The summed E-state index contributed by atoms with van der Waals surface area (Å²) >= 11 is 5.83. The maximum Gasteiger partial charge on any atom is 0.241 e. The van der Waals surface area contributed by atoms with Gasteiger partial charge in [-0.1, -0.05) is 50.3 Å². The molecule has 0 saturated heterocycles. The highest BCUT2D eigenvalue weighted by atomic mass is 35.5. The van der Waals surface area contributed by atoms with Crippen LogP contribution in [0.2, 0.25) is 5.02 Å². The molecule has 0 aliphatic carbocycles. The van der Waals surface area contributed by atoms with E-state index < -0.39 is 22.0 Å². The first kappa shape index (κ1) is 24.3. The van der Waals surface area contributed by atoms with Crippen LogP contribution in [0.15, 0.2) is 53.7 Å². The monoisotopic (exact) mass is 451 g/mol. The van der Waals surface area contributed by atoms with Crippen molar-refractivity contribution in [2.45, 2.75) is 62.8 Å². The third-order valence-electron chi connectivity index (χ3n) is 5.10. The van der Waals surface area contributed by atoms with Crippen LogP contribution in [0.1, 0.15) is 51.0 Å². The number of nitrogens with one attached hydrogen (secondary N) is 1. The number of aromatic nitrogens is 1. The number of carbonyl (C=O) groups excluding carboxylic acids is 1. The molecule has 2 atom stereocenters. The van der Waals surface area contributed by atoms with Crippen LogP contribution in [0, 0.1) is 5.92 Å². The summed E-state index contributed by atoms with van der Waals surface area (Å²) in [5, 5.41) is 0.439. The number of carbonyl (C=O) groups is 1. The lowest BCUT2D eigenvalue weighted by molar-refractivity contribution is -0.120. The van der Waals surface area contributed by atoms with Crippen molar-refractivity contribution in [1.82, 2.24) is 9.71 Å². The lowest BCUT2D eigenvalue weighted by atomic mass is 9.89. The number of nitrogens with two attached hydrogens (primary N) is 1. The maximum atomic E-state index is 12.7. The van der Waals surface area contributed by atoms with Crippen LogP contribution in [0.25, 0.3) is 0 Å². The molecule has 0 aliphatic heterocycles. The van der Waals surface area contributed by atoms with E-state index >= 15 is 0 Å². The number of pyridine rings is 1. The largest absolute Gasteiger partial charge is 0.368 e. The molecule has 0 bridgehead atoms. The summed E-state index contributed by atoms with van der Waals surface area (Å²) in [6.07, 6.45) is 9.70. The highest BCUT2D eigenvalue weighted by molar-refractivity contribution is 7.89. The number of benzene rings is 1. The lowest BCUT2D eigenvalue weighted by Gasteiger charge is -2.22. The van der Waals surface area contributed by atoms with E-state index in [0.717, 1.165) is 38.5 Å². The van der Waals surface area contributed by atoms with Gasteiger partial charge in [0.2, 0.25) is 15.9 Å². The second-order valence-electron chi connectivity index (χ2n) is 7.53. The number of hydrogen-bond donors (Lipinski definition) is 2. The van der Waals surface area contributed by atoms with Crippen molar-refractivity contribution in [3.63, 3.8) is 0 Å². The van der Waals surface area contributed by atoms with Crippen LogP contribution in [0.5, 0.6) is 0 Å². The topological polar surface area (TPSA) is 102 Å². The molecule has 2 unspecified atom stereocenters. The molecule has 0 saturated carbocycles. The van der Waals surface area contributed by atoms with Gasteiger partial charge >= 0.3 is 0 Å². The first-order valence-electron chi connectivity index (χ1n) is 10.3. The van der Waals surface area contributed by atoms with Gasteiger partial charge in [0.15, 0.2) is 0 Å². The third-order valence-corrected chi connectivity index (χ3v) is 6.84.